The fourth-order valence-corrected chi connectivity index (χ4v) is 4.67. The Morgan fingerprint density at radius 3 is 2.50 bits per heavy atom. The number of nitrogens with zero attached hydrogens (tertiary/aromatic N) is 1. The highest BCUT2D eigenvalue weighted by Gasteiger charge is 2.29. The van der Waals surface area contributed by atoms with Crippen molar-refractivity contribution in [3.8, 4) is 0 Å². The quantitative estimate of drug-likeness (QED) is 0.877. The van der Waals surface area contributed by atoms with Crippen molar-refractivity contribution >= 4 is 22.7 Å². The Hall–Kier alpha value is -0.710. The molecule has 1 atom stereocenters. The lowest BCUT2D eigenvalue weighted by Gasteiger charge is -2.16. The Balaban J connectivity index is 1.98. The number of hydrogen-bond donors (Lipinski definition) is 1. The zero-order valence-electron chi connectivity index (χ0n) is 12.6. The van der Waals surface area contributed by atoms with E-state index >= 15 is 0 Å². The normalized spacial score (nSPS) is 16.6. The van der Waals surface area contributed by atoms with Gasteiger partial charge >= 0.3 is 0 Å². The van der Waals surface area contributed by atoms with Crippen molar-refractivity contribution in [2.75, 3.05) is 0 Å². The summed E-state index contributed by atoms with van der Waals surface area (Å²) in [4.78, 5) is 9.08. The molecule has 0 saturated heterocycles. The third-order valence-electron chi connectivity index (χ3n) is 3.86. The van der Waals surface area contributed by atoms with E-state index < -0.39 is 0 Å². The minimum absolute atomic E-state index is 0.288. The van der Waals surface area contributed by atoms with Gasteiger partial charge < -0.3 is 5.32 Å². The summed E-state index contributed by atoms with van der Waals surface area (Å²) in [5, 5.41) is 5.04. The molecular weight excluding hydrogens is 284 g/mol. The highest BCUT2D eigenvalue weighted by molar-refractivity contribution is 7.12. The van der Waals surface area contributed by atoms with E-state index in [1.54, 1.807) is 0 Å². The molecule has 1 aliphatic rings. The molecule has 4 heteroatoms. The Bertz CT molecular complexity index is 608. The van der Waals surface area contributed by atoms with Crippen molar-refractivity contribution in [1.82, 2.24) is 10.3 Å². The third-order valence-corrected chi connectivity index (χ3v) is 5.92. The number of aryl methyl sites for hydroxylation is 4. The first-order chi connectivity index (χ1) is 9.58. The predicted octanol–water partition coefficient (Wildman–Crippen LogP) is 4.53. The summed E-state index contributed by atoms with van der Waals surface area (Å²) in [6, 6.07) is 3.31. The number of thiophene rings is 1. The molecule has 20 heavy (non-hydrogen) atoms. The predicted molar refractivity (Wildman–Crippen MR) is 88.0 cm³/mol. The second-order valence-corrected chi connectivity index (χ2v) is 8.35. The van der Waals surface area contributed by atoms with Gasteiger partial charge in [-0.3, -0.25) is 0 Å². The van der Waals surface area contributed by atoms with Gasteiger partial charge in [0.25, 0.3) is 0 Å². The van der Waals surface area contributed by atoms with Crippen LogP contribution in [0.3, 0.4) is 0 Å². The van der Waals surface area contributed by atoms with Crippen molar-refractivity contribution in [3.05, 3.63) is 37.0 Å². The molecule has 0 bridgehead atoms. The molecule has 0 aromatic carbocycles. The van der Waals surface area contributed by atoms with E-state index in [1.807, 2.05) is 22.7 Å². The first-order valence-electron chi connectivity index (χ1n) is 7.37. The van der Waals surface area contributed by atoms with Gasteiger partial charge in [-0.1, -0.05) is 6.92 Å². The van der Waals surface area contributed by atoms with Crippen molar-refractivity contribution < 1.29 is 0 Å². The summed E-state index contributed by atoms with van der Waals surface area (Å²) >= 11 is 3.75. The molecule has 1 fully saturated rings. The summed E-state index contributed by atoms with van der Waals surface area (Å²) in [7, 11) is 0. The van der Waals surface area contributed by atoms with Crippen LogP contribution in [0, 0.1) is 20.8 Å². The third kappa shape index (κ3) is 2.83. The first-order valence-corrected chi connectivity index (χ1v) is 9.01. The van der Waals surface area contributed by atoms with Crippen LogP contribution in [-0.2, 0) is 6.42 Å². The maximum absolute atomic E-state index is 4.90. The summed E-state index contributed by atoms with van der Waals surface area (Å²) < 4.78 is 0. The minimum Gasteiger partial charge on any atom is -0.301 e. The van der Waals surface area contributed by atoms with Crippen LogP contribution in [0.2, 0.25) is 0 Å². The van der Waals surface area contributed by atoms with Crippen molar-refractivity contribution in [2.45, 2.75) is 59.0 Å². The molecule has 1 N–H and O–H groups in total. The molecule has 2 aromatic rings. The second-order valence-electron chi connectivity index (χ2n) is 5.65. The zero-order chi connectivity index (χ0) is 14.3. The van der Waals surface area contributed by atoms with Gasteiger partial charge in [0.1, 0.15) is 5.01 Å². The van der Waals surface area contributed by atoms with Crippen LogP contribution in [-0.4, -0.2) is 11.0 Å². The van der Waals surface area contributed by atoms with Gasteiger partial charge in [0.2, 0.25) is 0 Å². The van der Waals surface area contributed by atoms with E-state index in [0.717, 1.165) is 6.42 Å². The van der Waals surface area contributed by atoms with Crippen molar-refractivity contribution in [1.29, 1.82) is 0 Å². The Morgan fingerprint density at radius 1 is 1.25 bits per heavy atom. The smallest absolute Gasteiger partial charge is 0.115 e. The molecule has 0 amide bonds. The van der Waals surface area contributed by atoms with Gasteiger partial charge in [-0.05, 0) is 51.7 Å². The Kier molecular flexibility index (Phi) is 3.98. The standard InChI is InChI=1S/C16H22N2S2/c1-5-14-11(4)20-16(18-14)15(17-12-6-7-12)13-8-9(2)19-10(13)3/h8,12,15,17H,5-7H2,1-4H3. The number of aromatic nitrogens is 1. The van der Waals surface area contributed by atoms with Crippen LogP contribution < -0.4 is 5.32 Å². The van der Waals surface area contributed by atoms with Gasteiger partial charge in [-0.25, -0.2) is 4.98 Å². The summed E-state index contributed by atoms with van der Waals surface area (Å²) in [6.45, 7) is 8.81. The largest absolute Gasteiger partial charge is 0.301 e. The van der Waals surface area contributed by atoms with Crippen molar-refractivity contribution in [2.24, 2.45) is 0 Å². The number of thiazole rings is 1. The van der Waals surface area contributed by atoms with Crippen LogP contribution in [0.1, 0.15) is 56.7 Å². The van der Waals surface area contributed by atoms with Crippen LogP contribution in [0.15, 0.2) is 6.07 Å². The van der Waals surface area contributed by atoms with Gasteiger partial charge in [0, 0.05) is 20.7 Å². The second kappa shape index (κ2) is 5.58. The minimum atomic E-state index is 0.288. The maximum atomic E-state index is 4.90. The monoisotopic (exact) mass is 306 g/mol. The summed E-state index contributed by atoms with van der Waals surface area (Å²) in [5.41, 5.74) is 2.69. The highest BCUT2D eigenvalue weighted by Crippen LogP contribution is 2.36. The highest BCUT2D eigenvalue weighted by atomic mass is 32.1. The Morgan fingerprint density at radius 2 is 2.00 bits per heavy atom. The fourth-order valence-electron chi connectivity index (χ4n) is 2.62. The molecule has 0 spiro atoms. The lowest BCUT2D eigenvalue weighted by atomic mass is 10.1. The molecular formula is C16H22N2S2. The molecule has 0 aliphatic heterocycles. The van der Waals surface area contributed by atoms with Crippen molar-refractivity contribution in [3.63, 3.8) is 0 Å². The number of nitrogens with one attached hydrogen (secondary N) is 1. The molecule has 2 heterocycles. The lowest BCUT2D eigenvalue weighted by Crippen LogP contribution is -2.24. The first kappa shape index (κ1) is 14.2. The van der Waals surface area contributed by atoms with Crippen LogP contribution >= 0.6 is 22.7 Å². The molecule has 1 unspecified atom stereocenters. The lowest BCUT2D eigenvalue weighted by molar-refractivity contribution is 0.596. The SMILES string of the molecule is CCc1nc(C(NC2CC2)c2cc(C)sc2C)sc1C. The average Bonchev–Trinajstić information content (AvgIpc) is 3.06. The molecule has 1 saturated carbocycles. The van der Waals surface area contributed by atoms with Gasteiger partial charge in [-0.2, -0.15) is 0 Å². The van der Waals surface area contributed by atoms with Crippen LogP contribution in [0.4, 0.5) is 0 Å². The van der Waals surface area contributed by atoms with E-state index in [1.165, 1.54) is 43.7 Å². The van der Waals surface area contributed by atoms with E-state index in [4.69, 9.17) is 4.98 Å². The summed E-state index contributed by atoms with van der Waals surface area (Å²) in [6.07, 6.45) is 3.65. The number of hydrogen-bond acceptors (Lipinski definition) is 4. The van der Waals surface area contributed by atoms with Crippen LogP contribution in [0.25, 0.3) is 0 Å². The fraction of sp³-hybridized carbons (Fsp3) is 0.562. The van der Waals surface area contributed by atoms with Gasteiger partial charge in [0.05, 0.1) is 11.7 Å². The summed E-state index contributed by atoms with van der Waals surface area (Å²) in [5.74, 6) is 0. The Labute approximate surface area is 129 Å². The van der Waals surface area contributed by atoms with E-state index in [0.29, 0.717) is 6.04 Å². The molecule has 2 nitrogen and oxygen atoms in total. The van der Waals surface area contributed by atoms with E-state index in [-0.39, 0.29) is 6.04 Å². The molecule has 3 rings (SSSR count). The van der Waals surface area contributed by atoms with Gasteiger partial charge in [-0.15, -0.1) is 22.7 Å². The zero-order valence-corrected chi connectivity index (χ0v) is 14.3. The number of rotatable bonds is 5. The van der Waals surface area contributed by atoms with E-state index in [2.05, 4.69) is 39.1 Å². The van der Waals surface area contributed by atoms with Gasteiger partial charge in [0.15, 0.2) is 0 Å². The topological polar surface area (TPSA) is 24.9 Å². The molecule has 0 radical (unpaired) electrons. The molecule has 108 valence electrons. The average molecular weight is 306 g/mol. The maximum Gasteiger partial charge on any atom is 0.115 e. The molecule has 2 aromatic heterocycles. The van der Waals surface area contributed by atoms with E-state index in [9.17, 15) is 0 Å². The molecule has 1 aliphatic carbocycles. The van der Waals surface area contributed by atoms with Crippen LogP contribution in [0.5, 0.6) is 0 Å².